The minimum atomic E-state index is 0.0233. The molecule has 0 aliphatic carbocycles. The topological polar surface area (TPSA) is 88.2 Å². The third-order valence-electron chi connectivity index (χ3n) is 4.96. The number of nitrogens with two attached hydrogens (primary N) is 1. The van der Waals surface area contributed by atoms with Gasteiger partial charge in [0.15, 0.2) is 5.13 Å². The van der Waals surface area contributed by atoms with Gasteiger partial charge >= 0.3 is 0 Å². The maximum absolute atomic E-state index is 12.9. The molecule has 1 saturated heterocycles. The van der Waals surface area contributed by atoms with Crippen LogP contribution < -0.4 is 10.6 Å². The first-order valence-corrected chi connectivity index (χ1v) is 9.55. The van der Waals surface area contributed by atoms with E-state index in [1.54, 1.807) is 6.33 Å². The van der Waals surface area contributed by atoms with Crippen LogP contribution in [0.4, 0.5) is 10.9 Å². The number of thiazole rings is 1. The predicted octanol–water partition coefficient (Wildman–Crippen LogP) is 1.66. The summed E-state index contributed by atoms with van der Waals surface area (Å²) in [6.07, 6.45) is 5.65. The standard InChI is InChI=1S/C17H22N6OS/c1-11-14(25-17(18)21-11)16(24)23-8-4-12-13(5-9-23)19-10-20-15(12)22-6-2-3-7-22/h10H,2-9H2,1H3,(H2,18,21). The van der Waals surface area contributed by atoms with E-state index in [4.69, 9.17) is 5.73 Å². The molecular weight excluding hydrogens is 336 g/mol. The van der Waals surface area contributed by atoms with Crippen molar-refractivity contribution >= 4 is 28.2 Å². The molecule has 2 aliphatic heterocycles. The SMILES string of the molecule is Cc1nc(N)sc1C(=O)N1CCc2ncnc(N3CCCC3)c2CC1. The molecule has 132 valence electrons. The van der Waals surface area contributed by atoms with Crippen molar-refractivity contribution in [3.63, 3.8) is 0 Å². The number of rotatable bonds is 2. The second kappa shape index (κ2) is 6.59. The van der Waals surface area contributed by atoms with E-state index in [1.807, 2.05) is 11.8 Å². The Morgan fingerprint density at radius 2 is 1.92 bits per heavy atom. The highest BCUT2D eigenvalue weighted by atomic mass is 32.1. The van der Waals surface area contributed by atoms with Crippen molar-refractivity contribution in [3.05, 3.63) is 28.2 Å². The van der Waals surface area contributed by atoms with Crippen molar-refractivity contribution in [3.8, 4) is 0 Å². The van der Waals surface area contributed by atoms with Crippen molar-refractivity contribution in [2.45, 2.75) is 32.6 Å². The minimum absolute atomic E-state index is 0.0233. The lowest BCUT2D eigenvalue weighted by Crippen LogP contribution is -2.33. The van der Waals surface area contributed by atoms with Gasteiger partial charge in [-0.2, -0.15) is 0 Å². The van der Waals surface area contributed by atoms with Crippen molar-refractivity contribution < 1.29 is 4.79 Å². The van der Waals surface area contributed by atoms with Gasteiger partial charge in [0.05, 0.1) is 11.4 Å². The third-order valence-corrected chi connectivity index (χ3v) is 5.94. The number of hydrogen-bond acceptors (Lipinski definition) is 7. The zero-order valence-electron chi connectivity index (χ0n) is 14.4. The fourth-order valence-corrected chi connectivity index (χ4v) is 4.47. The van der Waals surface area contributed by atoms with Crippen LogP contribution in [0.25, 0.3) is 0 Å². The van der Waals surface area contributed by atoms with Crippen LogP contribution in [-0.4, -0.2) is 51.9 Å². The van der Waals surface area contributed by atoms with E-state index in [0.29, 0.717) is 28.8 Å². The average Bonchev–Trinajstić information content (AvgIpc) is 3.18. The number of carbonyl (C=O) groups is 1. The van der Waals surface area contributed by atoms with Gasteiger partial charge in [0.2, 0.25) is 0 Å². The zero-order valence-corrected chi connectivity index (χ0v) is 15.2. The van der Waals surface area contributed by atoms with E-state index < -0.39 is 0 Å². The van der Waals surface area contributed by atoms with E-state index in [9.17, 15) is 4.79 Å². The van der Waals surface area contributed by atoms with Crippen molar-refractivity contribution in [2.75, 3.05) is 36.8 Å². The summed E-state index contributed by atoms with van der Waals surface area (Å²) in [4.78, 5) is 31.0. The molecule has 2 aromatic heterocycles. The summed E-state index contributed by atoms with van der Waals surface area (Å²) in [5.41, 5.74) is 8.75. The molecule has 0 unspecified atom stereocenters. The minimum Gasteiger partial charge on any atom is -0.375 e. The molecule has 4 rings (SSSR count). The lowest BCUT2D eigenvalue weighted by atomic mass is 10.1. The highest BCUT2D eigenvalue weighted by Crippen LogP contribution is 2.28. The normalized spacial score (nSPS) is 17.5. The van der Waals surface area contributed by atoms with Crippen LogP contribution in [0.5, 0.6) is 0 Å². The molecule has 2 N–H and O–H groups in total. The molecule has 1 amide bonds. The van der Waals surface area contributed by atoms with Gasteiger partial charge in [-0.3, -0.25) is 4.79 Å². The molecular formula is C17H22N6OS. The van der Waals surface area contributed by atoms with Gasteiger partial charge < -0.3 is 15.5 Å². The van der Waals surface area contributed by atoms with Crippen molar-refractivity contribution in [1.29, 1.82) is 0 Å². The van der Waals surface area contributed by atoms with E-state index in [-0.39, 0.29) is 5.91 Å². The fourth-order valence-electron chi connectivity index (χ4n) is 3.67. The van der Waals surface area contributed by atoms with E-state index in [2.05, 4.69) is 19.9 Å². The Morgan fingerprint density at radius 3 is 2.64 bits per heavy atom. The van der Waals surface area contributed by atoms with Crippen LogP contribution in [0.3, 0.4) is 0 Å². The Morgan fingerprint density at radius 1 is 1.16 bits per heavy atom. The van der Waals surface area contributed by atoms with Crippen LogP contribution in [0.2, 0.25) is 0 Å². The number of nitrogens with zero attached hydrogens (tertiary/aromatic N) is 5. The van der Waals surface area contributed by atoms with Crippen molar-refractivity contribution in [2.24, 2.45) is 0 Å². The number of amides is 1. The number of fused-ring (bicyclic) bond motifs is 1. The van der Waals surface area contributed by atoms with Gasteiger partial charge in [0.1, 0.15) is 17.0 Å². The molecule has 1 fully saturated rings. The highest BCUT2D eigenvalue weighted by molar-refractivity contribution is 7.17. The molecule has 7 nitrogen and oxygen atoms in total. The molecule has 4 heterocycles. The molecule has 0 atom stereocenters. The summed E-state index contributed by atoms with van der Waals surface area (Å²) in [5.74, 6) is 1.09. The molecule has 0 radical (unpaired) electrons. The van der Waals surface area contributed by atoms with Crippen LogP contribution in [0.15, 0.2) is 6.33 Å². The second-order valence-corrected chi connectivity index (χ2v) is 7.61. The summed E-state index contributed by atoms with van der Waals surface area (Å²) in [6, 6.07) is 0. The Balaban J connectivity index is 1.56. The van der Waals surface area contributed by atoms with E-state index in [0.717, 1.165) is 37.4 Å². The molecule has 25 heavy (non-hydrogen) atoms. The average molecular weight is 358 g/mol. The Hall–Kier alpha value is -2.22. The number of anilines is 2. The summed E-state index contributed by atoms with van der Waals surface area (Å²) < 4.78 is 0. The number of hydrogen-bond donors (Lipinski definition) is 1. The van der Waals surface area contributed by atoms with Gasteiger partial charge in [-0.05, 0) is 26.2 Å². The Bertz CT molecular complexity index is 798. The molecule has 2 aromatic rings. The molecule has 0 spiro atoms. The number of aryl methyl sites for hydroxylation is 1. The summed E-state index contributed by atoms with van der Waals surface area (Å²) in [7, 11) is 0. The lowest BCUT2D eigenvalue weighted by molar-refractivity contribution is 0.0767. The summed E-state index contributed by atoms with van der Waals surface area (Å²) >= 11 is 1.27. The van der Waals surface area contributed by atoms with E-state index >= 15 is 0 Å². The van der Waals surface area contributed by atoms with Gasteiger partial charge in [0.25, 0.3) is 5.91 Å². The lowest BCUT2D eigenvalue weighted by Gasteiger charge is -2.21. The predicted molar refractivity (Wildman–Crippen MR) is 98.1 cm³/mol. The number of nitrogen functional groups attached to an aromatic ring is 1. The summed E-state index contributed by atoms with van der Waals surface area (Å²) in [6.45, 7) is 5.30. The third kappa shape index (κ3) is 3.06. The maximum Gasteiger partial charge on any atom is 0.265 e. The second-order valence-electron chi connectivity index (χ2n) is 6.58. The molecule has 0 aromatic carbocycles. The maximum atomic E-state index is 12.9. The largest absolute Gasteiger partial charge is 0.375 e. The van der Waals surface area contributed by atoms with Gasteiger partial charge in [-0.25, -0.2) is 15.0 Å². The molecule has 2 aliphatic rings. The van der Waals surface area contributed by atoms with Gasteiger partial charge in [0, 0.05) is 38.2 Å². The first kappa shape index (κ1) is 16.3. The van der Waals surface area contributed by atoms with Gasteiger partial charge in [-0.1, -0.05) is 11.3 Å². The number of carbonyl (C=O) groups excluding carboxylic acids is 1. The first-order valence-electron chi connectivity index (χ1n) is 8.73. The quantitative estimate of drug-likeness (QED) is 0.878. The zero-order chi connectivity index (χ0) is 17.4. The number of aromatic nitrogens is 3. The molecule has 0 saturated carbocycles. The van der Waals surface area contributed by atoms with Crippen LogP contribution in [0, 0.1) is 6.92 Å². The van der Waals surface area contributed by atoms with E-state index in [1.165, 1.54) is 29.7 Å². The molecule has 0 bridgehead atoms. The highest BCUT2D eigenvalue weighted by Gasteiger charge is 2.27. The van der Waals surface area contributed by atoms with Crippen LogP contribution in [0.1, 0.15) is 39.5 Å². The smallest absolute Gasteiger partial charge is 0.265 e. The molecule has 8 heteroatoms. The van der Waals surface area contributed by atoms with Crippen molar-refractivity contribution in [1.82, 2.24) is 19.9 Å². The Kier molecular flexibility index (Phi) is 4.29. The van der Waals surface area contributed by atoms with Crippen LogP contribution >= 0.6 is 11.3 Å². The summed E-state index contributed by atoms with van der Waals surface area (Å²) in [5, 5.41) is 0.446. The first-order chi connectivity index (χ1) is 12.1. The monoisotopic (exact) mass is 358 g/mol. The van der Waals surface area contributed by atoms with Crippen LogP contribution in [-0.2, 0) is 12.8 Å². The fraction of sp³-hybridized carbons (Fsp3) is 0.529. The van der Waals surface area contributed by atoms with Gasteiger partial charge in [-0.15, -0.1) is 0 Å². The Labute approximate surface area is 150 Å².